The summed E-state index contributed by atoms with van der Waals surface area (Å²) >= 11 is 0. The summed E-state index contributed by atoms with van der Waals surface area (Å²) in [5.74, 6) is 0.0854. The molecule has 1 aromatic rings. The van der Waals surface area contributed by atoms with Crippen LogP contribution in [0.15, 0.2) is 18.5 Å². The molecular weight excluding hydrogens is 250 g/mol. The number of nitrogens with zero attached hydrogens (tertiary/aromatic N) is 1. The van der Waals surface area contributed by atoms with E-state index in [1.165, 1.54) is 5.56 Å². The van der Waals surface area contributed by atoms with E-state index in [4.69, 9.17) is 0 Å². The first kappa shape index (κ1) is 16.8. The van der Waals surface area contributed by atoms with E-state index in [2.05, 4.69) is 50.6 Å². The molecule has 4 heteroatoms. The third-order valence-electron chi connectivity index (χ3n) is 3.43. The summed E-state index contributed by atoms with van der Waals surface area (Å²) in [7, 11) is 0. The van der Waals surface area contributed by atoms with Crippen molar-refractivity contribution in [2.24, 2.45) is 0 Å². The number of hydrogen-bond acceptors (Lipinski definition) is 2. The molecule has 2 atom stereocenters. The molecule has 0 radical (unpaired) electrons. The SMILES string of the molecule is CCCNC(C)c1ccn(CC(=O)NC(C)CCC)c1. The Labute approximate surface area is 122 Å². The number of amides is 1. The summed E-state index contributed by atoms with van der Waals surface area (Å²) in [4.78, 5) is 11.9. The Bertz CT molecular complexity index is 400. The molecule has 20 heavy (non-hydrogen) atoms. The van der Waals surface area contributed by atoms with Crippen molar-refractivity contribution >= 4 is 5.91 Å². The molecule has 1 heterocycles. The molecule has 0 spiro atoms. The highest BCUT2D eigenvalue weighted by Gasteiger charge is 2.09. The van der Waals surface area contributed by atoms with Crippen molar-refractivity contribution in [3.8, 4) is 0 Å². The predicted octanol–water partition coefficient (Wildman–Crippen LogP) is 2.85. The average molecular weight is 279 g/mol. The largest absolute Gasteiger partial charge is 0.352 e. The number of rotatable bonds is 9. The predicted molar refractivity (Wildman–Crippen MR) is 83.7 cm³/mol. The molecule has 1 rings (SSSR count). The van der Waals surface area contributed by atoms with Gasteiger partial charge in [-0.2, -0.15) is 0 Å². The number of carbonyl (C=O) groups excluding carboxylic acids is 1. The van der Waals surface area contributed by atoms with Crippen LogP contribution in [0.25, 0.3) is 0 Å². The summed E-state index contributed by atoms with van der Waals surface area (Å²) < 4.78 is 1.95. The molecule has 4 nitrogen and oxygen atoms in total. The minimum Gasteiger partial charge on any atom is -0.352 e. The van der Waals surface area contributed by atoms with Gasteiger partial charge < -0.3 is 15.2 Å². The first-order valence-corrected chi connectivity index (χ1v) is 7.75. The van der Waals surface area contributed by atoms with Crippen LogP contribution >= 0.6 is 0 Å². The van der Waals surface area contributed by atoms with Crippen molar-refractivity contribution in [3.05, 3.63) is 24.0 Å². The molecule has 0 saturated carbocycles. The third-order valence-corrected chi connectivity index (χ3v) is 3.43. The van der Waals surface area contributed by atoms with Gasteiger partial charge in [0.25, 0.3) is 0 Å². The highest BCUT2D eigenvalue weighted by molar-refractivity contribution is 5.76. The Morgan fingerprint density at radius 1 is 1.30 bits per heavy atom. The first-order valence-electron chi connectivity index (χ1n) is 7.75. The maximum atomic E-state index is 11.9. The zero-order valence-electron chi connectivity index (χ0n) is 13.3. The van der Waals surface area contributed by atoms with E-state index in [0.29, 0.717) is 12.6 Å². The minimum atomic E-state index is 0.0854. The van der Waals surface area contributed by atoms with Gasteiger partial charge in [-0.15, -0.1) is 0 Å². The van der Waals surface area contributed by atoms with E-state index in [-0.39, 0.29) is 11.9 Å². The second-order valence-electron chi connectivity index (χ2n) is 5.55. The van der Waals surface area contributed by atoms with E-state index < -0.39 is 0 Å². The monoisotopic (exact) mass is 279 g/mol. The molecule has 2 N–H and O–H groups in total. The van der Waals surface area contributed by atoms with Gasteiger partial charge in [-0.25, -0.2) is 0 Å². The molecular formula is C16H29N3O. The molecule has 0 saturated heterocycles. The fourth-order valence-electron chi connectivity index (χ4n) is 2.28. The standard InChI is InChI=1S/C16H29N3O/c1-5-7-13(3)18-16(20)12-19-10-8-15(11-19)14(4)17-9-6-2/h8,10-11,13-14,17H,5-7,9,12H2,1-4H3,(H,18,20). The van der Waals surface area contributed by atoms with Gasteiger partial charge in [0, 0.05) is 24.5 Å². The van der Waals surface area contributed by atoms with Crippen molar-refractivity contribution in [3.63, 3.8) is 0 Å². The highest BCUT2D eigenvalue weighted by Crippen LogP contribution is 2.12. The van der Waals surface area contributed by atoms with Gasteiger partial charge in [-0.05, 0) is 44.9 Å². The van der Waals surface area contributed by atoms with E-state index in [9.17, 15) is 4.79 Å². The Kier molecular flexibility index (Phi) is 7.37. The van der Waals surface area contributed by atoms with Crippen molar-refractivity contribution in [2.75, 3.05) is 6.54 Å². The minimum absolute atomic E-state index is 0.0854. The lowest BCUT2D eigenvalue weighted by Gasteiger charge is -2.13. The number of carbonyl (C=O) groups is 1. The van der Waals surface area contributed by atoms with Crippen LogP contribution in [0.4, 0.5) is 0 Å². The van der Waals surface area contributed by atoms with Crippen molar-refractivity contribution in [2.45, 2.75) is 65.6 Å². The topological polar surface area (TPSA) is 46.1 Å². The van der Waals surface area contributed by atoms with Crippen molar-refractivity contribution in [1.82, 2.24) is 15.2 Å². The fourth-order valence-corrected chi connectivity index (χ4v) is 2.28. The maximum absolute atomic E-state index is 11.9. The van der Waals surface area contributed by atoms with Crippen LogP contribution in [-0.2, 0) is 11.3 Å². The van der Waals surface area contributed by atoms with Crippen LogP contribution in [0.5, 0.6) is 0 Å². The summed E-state index contributed by atoms with van der Waals surface area (Å²) in [5.41, 5.74) is 1.23. The van der Waals surface area contributed by atoms with E-state index >= 15 is 0 Å². The quantitative estimate of drug-likeness (QED) is 0.730. The molecule has 2 unspecified atom stereocenters. The van der Waals surface area contributed by atoms with Gasteiger partial charge in [-0.3, -0.25) is 4.79 Å². The second-order valence-corrected chi connectivity index (χ2v) is 5.55. The second kappa shape index (κ2) is 8.80. The average Bonchev–Trinajstić information content (AvgIpc) is 2.84. The van der Waals surface area contributed by atoms with Crippen LogP contribution in [0.2, 0.25) is 0 Å². The lowest BCUT2D eigenvalue weighted by molar-refractivity contribution is -0.122. The van der Waals surface area contributed by atoms with Gasteiger partial charge in [0.05, 0.1) is 0 Å². The third kappa shape index (κ3) is 5.78. The van der Waals surface area contributed by atoms with Crippen LogP contribution in [0.1, 0.15) is 58.6 Å². The Morgan fingerprint density at radius 2 is 2.05 bits per heavy atom. The lowest BCUT2D eigenvalue weighted by Crippen LogP contribution is -2.34. The molecule has 0 aromatic carbocycles. The van der Waals surface area contributed by atoms with Crippen LogP contribution in [0, 0.1) is 0 Å². The Hall–Kier alpha value is -1.29. The zero-order valence-corrected chi connectivity index (χ0v) is 13.3. The molecule has 0 aliphatic rings. The highest BCUT2D eigenvalue weighted by atomic mass is 16.2. The molecule has 0 fully saturated rings. The van der Waals surface area contributed by atoms with Gasteiger partial charge in [0.1, 0.15) is 6.54 Å². The number of aromatic nitrogens is 1. The zero-order chi connectivity index (χ0) is 15.0. The van der Waals surface area contributed by atoms with E-state index in [1.54, 1.807) is 0 Å². The Balaban J connectivity index is 2.45. The summed E-state index contributed by atoms with van der Waals surface area (Å²) in [6.07, 6.45) is 7.28. The molecule has 1 aromatic heterocycles. The van der Waals surface area contributed by atoms with Gasteiger partial charge in [-0.1, -0.05) is 20.3 Å². The summed E-state index contributed by atoms with van der Waals surface area (Å²) in [6.45, 7) is 9.91. The van der Waals surface area contributed by atoms with Crippen molar-refractivity contribution in [1.29, 1.82) is 0 Å². The summed E-state index contributed by atoms with van der Waals surface area (Å²) in [6, 6.07) is 2.67. The molecule has 0 aliphatic carbocycles. The number of hydrogen-bond donors (Lipinski definition) is 2. The molecule has 0 aliphatic heterocycles. The normalized spacial score (nSPS) is 14.0. The Morgan fingerprint density at radius 3 is 2.70 bits per heavy atom. The molecule has 1 amide bonds. The summed E-state index contributed by atoms with van der Waals surface area (Å²) in [5, 5.41) is 6.48. The molecule has 0 bridgehead atoms. The van der Waals surface area contributed by atoms with Crippen molar-refractivity contribution < 1.29 is 4.79 Å². The van der Waals surface area contributed by atoms with Gasteiger partial charge in [0.15, 0.2) is 0 Å². The lowest BCUT2D eigenvalue weighted by atomic mass is 10.2. The van der Waals surface area contributed by atoms with Crippen LogP contribution in [-0.4, -0.2) is 23.1 Å². The fraction of sp³-hybridized carbons (Fsp3) is 0.688. The van der Waals surface area contributed by atoms with E-state index in [0.717, 1.165) is 25.8 Å². The van der Waals surface area contributed by atoms with Crippen LogP contribution < -0.4 is 10.6 Å². The number of nitrogens with one attached hydrogen (secondary N) is 2. The maximum Gasteiger partial charge on any atom is 0.240 e. The van der Waals surface area contributed by atoms with E-state index in [1.807, 2.05) is 10.8 Å². The first-order chi connectivity index (χ1) is 9.56. The van der Waals surface area contributed by atoms with Gasteiger partial charge >= 0.3 is 0 Å². The molecule has 114 valence electrons. The van der Waals surface area contributed by atoms with Gasteiger partial charge in [0.2, 0.25) is 5.91 Å². The van der Waals surface area contributed by atoms with Crippen LogP contribution in [0.3, 0.4) is 0 Å². The smallest absolute Gasteiger partial charge is 0.240 e.